The van der Waals surface area contributed by atoms with E-state index in [1.54, 1.807) is 18.7 Å². The molecule has 0 amide bonds. The van der Waals surface area contributed by atoms with Gasteiger partial charge in [-0.15, -0.1) is 0 Å². The molecule has 3 heterocycles. The zero-order chi connectivity index (χ0) is 25.1. The zero-order valence-electron chi connectivity index (χ0n) is 20.6. The van der Waals surface area contributed by atoms with Gasteiger partial charge in [0.25, 0.3) is 5.56 Å². The first-order valence-electron chi connectivity index (χ1n) is 11.8. The SMILES string of the molecule is COc1ccc([C@H]2Nc3ccccc3-n3c(-c4ccccc4C)c4c(=O)n(C)c(=O)n(C)c4c32)cc1. The molecule has 0 saturated heterocycles. The molecule has 7 heteroatoms. The van der Waals surface area contributed by atoms with Crippen molar-refractivity contribution in [3.63, 3.8) is 0 Å². The second-order valence-electron chi connectivity index (χ2n) is 9.18. The van der Waals surface area contributed by atoms with Crippen LogP contribution in [0.15, 0.2) is 82.4 Å². The van der Waals surface area contributed by atoms with Gasteiger partial charge in [-0.25, -0.2) is 4.79 Å². The lowest BCUT2D eigenvalue weighted by atomic mass is 9.99. The molecule has 2 aromatic heterocycles. The van der Waals surface area contributed by atoms with Gasteiger partial charge in [0, 0.05) is 19.7 Å². The second kappa shape index (κ2) is 8.02. The number of aryl methyl sites for hydroxylation is 2. The molecule has 0 bridgehead atoms. The van der Waals surface area contributed by atoms with Gasteiger partial charge in [0.05, 0.1) is 46.8 Å². The minimum Gasteiger partial charge on any atom is -0.497 e. The quantitative estimate of drug-likeness (QED) is 0.414. The van der Waals surface area contributed by atoms with E-state index in [9.17, 15) is 9.59 Å². The van der Waals surface area contributed by atoms with Crippen LogP contribution < -0.4 is 21.3 Å². The van der Waals surface area contributed by atoms with Crippen molar-refractivity contribution in [2.75, 3.05) is 12.4 Å². The average Bonchev–Trinajstić information content (AvgIpc) is 3.27. The van der Waals surface area contributed by atoms with E-state index in [1.165, 1.54) is 11.6 Å². The van der Waals surface area contributed by atoms with Crippen LogP contribution in [0.4, 0.5) is 5.69 Å². The highest BCUT2D eigenvalue weighted by molar-refractivity contribution is 5.99. The maximum atomic E-state index is 13.8. The van der Waals surface area contributed by atoms with Crippen molar-refractivity contribution in [2.45, 2.75) is 13.0 Å². The van der Waals surface area contributed by atoms with Crippen LogP contribution in [-0.2, 0) is 14.1 Å². The van der Waals surface area contributed by atoms with Crippen molar-refractivity contribution < 1.29 is 4.74 Å². The van der Waals surface area contributed by atoms with Gasteiger partial charge in [-0.1, -0.05) is 48.5 Å². The van der Waals surface area contributed by atoms with Gasteiger partial charge in [-0.05, 0) is 42.3 Å². The van der Waals surface area contributed by atoms with Crippen LogP contribution in [0, 0.1) is 6.92 Å². The van der Waals surface area contributed by atoms with E-state index in [0.717, 1.165) is 45.2 Å². The monoisotopic (exact) mass is 478 g/mol. The van der Waals surface area contributed by atoms with E-state index < -0.39 is 0 Å². The van der Waals surface area contributed by atoms with Crippen molar-refractivity contribution in [1.29, 1.82) is 0 Å². The third kappa shape index (κ3) is 2.99. The summed E-state index contributed by atoms with van der Waals surface area (Å²) >= 11 is 0. The van der Waals surface area contributed by atoms with E-state index in [-0.39, 0.29) is 17.3 Å². The van der Waals surface area contributed by atoms with Crippen molar-refractivity contribution in [1.82, 2.24) is 13.7 Å². The summed E-state index contributed by atoms with van der Waals surface area (Å²) in [7, 11) is 4.91. The standard InChI is InChI=1S/C29H26N4O3/c1-17-9-5-6-10-20(17)25-23-26(31(2)29(35)32(3)28(23)34)27-24(18-13-15-19(36-4)16-14-18)30-21-11-7-8-12-22(21)33(25)27/h5-16,24,30H,1-4H3/t24-/m1/s1. The highest BCUT2D eigenvalue weighted by Gasteiger charge is 2.35. The van der Waals surface area contributed by atoms with E-state index in [1.807, 2.05) is 79.7 Å². The number of hydrogen-bond donors (Lipinski definition) is 1. The molecule has 0 unspecified atom stereocenters. The molecule has 0 spiro atoms. The molecule has 5 aromatic rings. The fourth-order valence-electron chi connectivity index (χ4n) is 5.36. The van der Waals surface area contributed by atoms with Crippen molar-refractivity contribution >= 4 is 16.6 Å². The van der Waals surface area contributed by atoms with Gasteiger partial charge < -0.3 is 14.6 Å². The van der Waals surface area contributed by atoms with Crippen molar-refractivity contribution in [2.24, 2.45) is 14.1 Å². The number of para-hydroxylation sites is 2. The fourth-order valence-corrected chi connectivity index (χ4v) is 5.36. The summed E-state index contributed by atoms with van der Waals surface area (Å²) in [5.74, 6) is 0.761. The van der Waals surface area contributed by atoms with Crippen molar-refractivity contribution in [3.8, 4) is 22.7 Å². The number of nitrogens with one attached hydrogen (secondary N) is 1. The Bertz CT molecular complexity index is 1770. The molecule has 36 heavy (non-hydrogen) atoms. The van der Waals surface area contributed by atoms with Crippen LogP contribution in [0.3, 0.4) is 0 Å². The summed E-state index contributed by atoms with van der Waals surface area (Å²) in [6, 6.07) is 23.7. The Morgan fingerprint density at radius 2 is 1.56 bits per heavy atom. The van der Waals surface area contributed by atoms with Gasteiger partial charge in [-0.2, -0.15) is 0 Å². The highest BCUT2D eigenvalue weighted by atomic mass is 16.5. The molecule has 3 aromatic carbocycles. The number of hydrogen-bond acceptors (Lipinski definition) is 4. The number of methoxy groups -OCH3 is 1. The molecule has 180 valence electrons. The maximum Gasteiger partial charge on any atom is 0.331 e. The predicted molar refractivity (Wildman–Crippen MR) is 142 cm³/mol. The van der Waals surface area contributed by atoms with Crippen LogP contribution in [0.25, 0.3) is 27.8 Å². The number of rotatable bonds is 3. The molecule has 6 rings (SSSR count). The molecule has 7 nitrogen and oxygen atoms in total. The van der Waals surface area contributed by atoms with Crippen LogP contribution in [0.1, 0.15) is 22.9 Å². The molecule has 0 saturated carbocycles. The first-order chi connectivity index (χ1) is 17.4. The minimum atomic E-state index is -0.357. The first kappa shape index (κ1) is 22.0. The Morgan fingerprint density at radius 3 is 2.28 bits per heavy atom. The summed E-state index contributed by atoms with van der Waals surface area (Å²) in [4.78, 5) is 26.9. The Morgan fingerprint density at radius 1 is 0.861 bits per heavy atom. The van der Waals surface area contributed by atoms with Crippen LogP contribution >= 0.6 is 0 Å². The second-order valence-corrected chi connectivity index (χ2v) is 9.18. The summed E-state index contributed by atoms with van der Waals surface area (Å²) < 4.78 is 10.3. The Kier molecular flexibility index (Phi) is 4.89. The zero-order valence-corrected chi connectivity index (χ0v) is 20.6. The molecule has 1 aliphatic heterocycles. The molecule has 0 radical (unpaired) electrons. The number of ether oxygens (including phenoxy) is 1. The number of aromatic nitrogens is 3. The molecule has 1 N–H and O–H groups in total. The van der Waals surface area contributed by atoms with Gasteiger partial charge in [0.15, 0.2) is 0 Å². The predicted octanol–water partition coefficient (Wildman–Crippen LogP) is 4.53. The number of nitrogens with zero attached hydrogens (tertiary/aromatic N) is 3. The van der Waals surface area contributed by atoms with Crippen LogP contribution in [-0.4, -0.2) is 20.8 Å². The molecular formula is C29H26N4O3. The Labute approximate surface area is 207 Å². The fraction of sp³-hybridized carbons (Fsp3) is 0.172. The summed E-state index contributed by atoms with van der Waals surface area (Å²) in [6.45, 7) is 2.04. The van der Waals surface area contributed by atoms with Gasteiger partial charge >= 0.3 is 5.69 Å². The number of fused-ring (bicyclic) bond motifs is 5. The largest absolute Gasteiger partial charge is 0.497 e. The molecular weight excluding hydrogens is 452 g/mol. The number of anilines is 1. The minimum absolute atomic E-state index is 0.302. The first-order valence-corrected chi connectivity index (χ1v) is 11.8. The van der Waals surface area contributed by atoms with Gasteiger partial charge in [-0.3, -0.25) is 13.9 Å². The molecule has 1 atom stereocenters. The smallest absolute Gasteiger partial charge is 0.331 e. The van der Waals surface area contributed by atoms with Crippen LogP contribution in [0.5, 0.6) is 5.75 Å². The lowest BCUT2D eigenvalue weighted by Crippen LogP contribution is -2.37. The van der Waals surface area contributed by atoms with E-state index in [2.05, 4.69) is 9.88 Å². The van der Waals surface area contributed by atoms with E-state index in [0.29, 0.717) is 10.9 Å². The average molecular weight is 479 g/mol. The Hall–Kier alpha value is -4.52. The van der Waals surface area contributed by atoms with Crippen molar-refractivity contribution in [3.05, 3.63) is 110 Å². The third-order valence-electron chi connectivity index (χ3n) is 7.18. The number of benzene rings is 3. The highest BCUT2D eigenvalue weighted by Crippen LogP contribution is 2.45. The topological polar surface area (TPSA) is 70.2 Å². The van der Waals surface area contributed by atoms with E-state index >= 15 is 0 Å². The normalized spacial score (nSPS) is 14.3. The molecule has 0 fully saturated rings. The maximum absolute atomic E-state index is 13.8. The van der Waals surface area contributed by atoms with Crippen LogP contribution in [0.2, 0.25) is 0 Å². The molecule has 1 aliphatic rings. The summed E-state index contributed by atoms with van der Waals surface area (Å²) in [5, 5.41) is 4.20. The lowest BCUT2D eigenvalue weighted by Gasteiger charge is -2.31. The summed E-state index contributed by atoms with van der Waals surface area (Å²) in [6.07, 6.45) is 0. The van der Waals surface area contributed by atoms with E-state index in [4.69, 9.17) is 4.74 Å². The summed E-state index contributed by atoms with van der Waals surface area (Å²) in [5.41, 5.74) is 6.49. The third-order valence-corrected chi connectivity index (χ3v) is 7.18. The Balaban J connectivity index is 1.84. The van der Waals surface area contributed by atoms with Gasteiger partial charge in [0.2, 0.25) is 0 Å². The lowest BCUT2D eigenvalue weighted by molar-refractivity contribution is 0.414. The van der Waals surface area contributed by atoms with Gasteiger partial charge in [0.1, 0.15) is 5.75 Å². The molecule has 0 aliphatic carbocycles.